The highest BCUT2D eigenvalue weighted by Crippen LogP contribution is 2.32. The van der Waals surface area contributed by atoms with Gasteiger partial charge in [-0.2, -0.15) is 0 Å². The maximum atomic E-state index is 12.7. The molecule has 3 aliphatic heterocycles. The van der Waals surface area contributed by atoms with E-state index < -0.39 is 0 Å². The Balaban J connectivity index is 1.42. The first-order chi connectivity index (χ1) is 11.7. The van der Waals surface area contributed by atoms with Gasteiger partial charge in [0, 0.05) is 45.4 Å². The third-order valence-electron chi connectivity index (χ3n) is 5.37. The Bertz CT molecular complexity index is 606. The number of imide groups is 1. The quantitative estimate of drug-likeness (QED) is 0.777. The van der Waals surface area contributed by atoms with Gasteiger partial charge in [-0.25, -0.2) is 9.78 Å². The van der Waals surface area contributed by atoms with Gasteiger partial charge in [-0.05, 0) is 25.0 Å². The molecule has 2 unspecified atom stereocenters. The van der Waals surface area contributed by atoms with E-state index in [1.807, 2.05) is 18.2 Å². The third kappa shape index (κ3) is 2.43. The Morgan fingerprint density at radius 3 is 2.62 bits per heavy atom. The molecule has 4 heterocycles. The highest BCUT2D eigenvalue weighted by molar-refractivity contribution is 6.05. The number of nitrogens with zero attached hydrogens (tertiary/aromatic N) is 4. The van der Waals surface area contributed by atoms with E-state index in [1.54, 1.807) is 18.2 Å². The summed E-state index contributed by atoms with van der Waals surface area (Å²) in [6.45, 7) is 2.14. The summed E-state index contributed by atoms with van der Waals surface area (Å²) in [6.07, 6.45) is 3.97. The average molecular weight is 330 g/mol. The van der Waals surface area contributed by atoms with E-state index in [4.69, 9.17) is 4.74 Å². The summed E-state index contributed by atoms with van der Waals surface area (Å²) in [7, 11) is 1.63. The van der Waals surface area contributed by atoms with Crippen LogP contribution in [0.15, 0.2) is 24.4 Å². The van der Waals surface area contributed by atoms with E-state index in [1.165, 1.54) is 4.90 Å². The summed E-state index contributed by atoms with van der Waals surface area (Å²) in [6, 6.07) is 5.41. The number of aromatic nitrogens is 1. The molecule has 4 rings (SSSR count). The molecule has 0 saturated carbocycles. The fraction of sp³-hybridized carbons (Fsp3) is 0.588. The molecule has 7 nitrogen and oxygen atoms in total. The number of piperidine rings is 1. The van der Waals surface area contributed by atoms with E-state index >= 15 is 0 Å². The van der Waals surface area contributed by atoms with Gasteiger partial charge in [0.1, 0.15) is 11.9 Å². The Morgan fingerprint density at radius 2 is 2.00 bits per heavy atom. The number of hydrogen-bond donors (Lipinski definition) is 0. The maximum Gasteiger partial charge on any atom is 0.327 e. The molecule has 0 radical (unpaired) electrons. The van der Waals surface area contributed by atoms with Crippen LogP contribution in [0.3, 0.4) is 0 Å². The van der Waals surface area contributed by atoms with Crippen molar-refractivity contribution in [1.29, 1.82) is 0 Å². The molecule has 0 bridgehead atoms. The van der Waals surface area contributed by atoms with Gasteiger partial charge in [0.05, 0.1) is 6.10 Å². The van der Waals surface area contributed by atoms with Crippen molar-refractivity contribution in [3.8, 4) is 0 Å². The molecule has 0 N–H and O–H groups in total. The van der Waals surface area contributed by atoms with E-state index in [-0.39, 0.29) is 30.1 Å². The van der Waals surface area contributed by atoms with Crippen LogP contribution in [0.5, 0.6) is 0 Å². The van der Waals surface area contributed by atoms with Crippen molar-refractivity contribution in [2.24, 2.45) is 0 Å². The second-order valence-electron chi connectivity index (χ2n) is 6.66. The minimum absolute atomic E-state index is 0.00319. The van der Waals surface area contributed by atoms with Crippen LogP contribution in [0, 0.1) is 0 Å². The molecule has 1 aromatic heterocycles. The van der Waals surface area contributed by atoms with Crippen LogP contribution in [0.1, 0.15) is 19.3 Å². The minimum Gasteiger partial charge on any atom is -0.380 e. The first-order valence-electron chi connectivity index (χ1n) is 8.51. The lowest BCUT2D eigenvalue weighted by atomic mass is 10.0. The summed E-state index contributed by atoms with van der Waals surface area (Å²) >= 11 is 0. The highest BCUT2D eigenvalue weighted by atomic mass is 16.5. The van der Waals surface area contributed by atoms with Gasteiger partial charge in [-0.3, -0.25) is 9.69 Å². The topological polar surface area (TPSA) is 66.0 Å². The number of hydrogen-bond acceptors (Lipinski definition) is 5. The fourth-order valence-electron chi connectivity index (χ4n) is 4.04. The number of methoxy groups -OCH3 is 1. The second-order valence-corrected chi connectivity index (χ2v) is 6.66. The lowest BCUT2D eigenvalue weighted by Crippen LogP contribution is -2.49. The number of carbonyl (C=O) groups excluding carboxylic acids is 2. The van der Waals surface area contributed by atoms with Crippen molar-refractivity contribution < 1.29 is 14.3 Å². The van der Waals surface area contributed by atoms with Crippen LogP contribution in [0.2, 0.25) is 0 Å². The summed E-state index contributed by atoms with van der Waals surface area (Å²) < 4.78 is 5.31. The molecule has 128 valence electrons. The molecule has 1 aromatic rings. The number of fused-ring (bicyclic) bond motifs is 1. The van der Waals surface area contributed by atoms with Gasteiger partial charge in [0.2, 0.25) is 0 Å². The van der Waals surface area contributed by atoms with Crippen molar-refractivity contribution in [1.82, 2.24) is 14.8 Å². The van der Waals surface area contributed by atoms with Crippen LogP contribution in [-0.4, -0.2) is 71.7 Å². The van der Waals surface area contributed by atoms with Crippen molar-refractivity contribution in [3.05, 3.63) is 24.4 Å². The standard InChI is InChI=1S/C17H22N4O3/c1-24-13-10-14-16(22)21(17(23)20(14)11-13)12-5-8-19(9-6-12)15-4-2-3-7-18-15/h2-4,7,12-14H,5-6,8-11H2,1H3. The molecule has 3 aliphatic rings. The zero-order valence-electron chi connectivity index (χ0n) is 13.8. The fourth-order valence-corrected chi connectivity index (χ4v) is 4.04. The Morgan fingerprint density at radius 1 is 1.21 bits per heavy atom. The second kappa shape index (κ2) is 6.05. The van der Waals surface area contributed by atoms with Crippen LogP contribution >= 0.6 is 0 Å². The summed E-state index contributed by atoms with van der Waals surface area (Å²) in [4.78, 5) is 35.1. The monoisotopic (exact) mass is 330 g/mol. The van der Waals surface area contributed by atoms with Crippen molar-refractivity contribution >= 4 is 17.8 Å². The van der Waals surface area contributed by atoms with Crippen LogP contribution < -0.4 is 4.90 Å². The number of pyridine rings is 1. The Kier molecular flexibility index (Phi) is 3.88. The number of anilines is 1. The number of carbonyl (C=O) groups is 2. The number of urea groups is 1. The maximum absolute atomic E-state index is 12.7. The van der Waals surface area contributed by atoms with Crippen LogP contribution in [0.25, 0.3) is 0 Å². The largest absolute Gasteiger partial charge is 0.380 e. The summed E-state index contributed by atoms with van der Waals surface area (Å²) in [5, 5.41) is 0. The molecule has 0 aromatic carbocycles. The van der Waals surface area contributed by atoms with Crippen molar-refractivity contribution in [2.75, 3.05) is 31.6 Å². The summed E-state index contributed by atoms with van der Waals surface area (Å²) in [5.74, 6) is 0.911. The molecule has 3 amide bonds. The zero-order valence-corrected chi connectivity index (χ0v) is 13.8. The predicted octanol–water partition coefficient (Wildman–Crippen LogP) is 1.10. The SMILES string of the molecule is COC1CC2C(=O)N(C3CCN(c4ccccn4)CC3)C(=O)N2C1. The van der Waals surface area contributed by atoms with Crippen LogP contribution in [-0.2, 0) is 9.53 Å². The van der Waals surface area contributed by atoms with E-state index in [0.29, 0.717) is 13.0 Å². The Labute approximate surface area is 141 Å². The number of rotatable bonds is 3. The molecule has 3 saturated heterocycles. The minimum atomic E-state index is -0.323. The molecule has 0 spiro atoms. The summed E-state index contributed by atoms with van der Waals surface area (Å²) in [5.41, 5.74) is 0. The van der Waals surface area contributed by atoms with Gasteiger partial charge in [-0.1, -0.05) is 6.07 Å². The number of ether oxygens (including phenoxy) is 1. The lowest BCUT2D eigenvalue weighted by Gasteiger charge is -2.36. The van der Waals surface area contributed by atoms with Gasteiger partial charge in [0.15, 0.2) is 0 Å². The van der Waals surface area contributed by atoms with Gasteiger partial charge >= 0.3 is 6.03 Å². The van der Waals surface area contributed by atoms with Gasteiger partial charge in [-0.15, -0.1) is 0 Å². The van der Waals surface area contributed by atoms with Crippen molar-refractivity contribution in [2.45, 2.75) is 37.5 Å². The first kappa shape index (κ1) is 15.4. The lowest BCUT2D eigenvalue weighted by molar-refractivity contribution is -0.130. The average Bonchev–Trinajstić information content (AvgIpc) is 3.16. The van der Waals surface area contributed by atoms with Gasteiger partial charge < -0.3 is 14.5 Å². The normalized spacial score (nSPS) is 28.0. The Hall–Kier alpha value is -2.15. The number of amides is 3. The molecule has 3 fully saturated rings. The predicted molar refractivity (Wildman–Crippen MR) is 87.6 cm³/mol. The molecule has 7 heteroatoms. The molecule has 2 atom stereocenters. The molecule has 0 aliphatic carbocycles. The van der Waals surface area contributed by atoms with E-state index in [2.05, 4.69) is 9.88 Å². The molecular formula is C17H22N4O3. The molecule has 24 heavy (non-hydrogen) atoms. The first-order valence-corrected chi connectivity index (χ1v) is 8.51. The van der Waals surface area contributed by atoms with Crippen molar-refractivity contribution in [3.63, 3.8) is 0 Å². The van der Waals surface area contributed by atoms with Crippen LogP contribution in [0.4, 0.5) is 10.6 Å². The third-order valence-corrected chi connectivity index (χ3v) is 5.37. The highest BCUT2D eigenvalue weighted by Gasteiger charge is 2.52. The van der Waals surface area contributed by atoms with Gasteiger partial charge in [0.25, 0.3) is 5.91 Å². The van der Waals surface area contributed by atoms with E-state index in [9.17, 15) is 9.59 Å². The smallest absolute Gasteiger partial charge is 0.327 e. The molecular weight excluding hydrogens is 308 g/mol. The van der Waals surface area contributed by atoms with E-state index in [0.717, 1.165) is 31.7 Å². The zero-order chi connectivity index (χ0) is 16.7.